The van der Waals surface area contributed by atoms with E-state index in [0.717, 1.165) is 48.7 Å². The van der Waals surface area contributed by atoms with Gasteiger partial charge in [-0.25, -0.2) is 4.98 Å². The molecule has 1 heterocycles. The zero-order valence-corrected chi connectivity index (χ0v) is 26.2. The van der Waals surface area contributed by atoms with E-state index in [-0.39, 0.29) is 0 Å². The number of aromatic nitrogens is 2. The molecule has 3 aromatic rings. The van der Waals surface area contributed by atoms with Gasteiger partial charge in [-0.3, -0.25) is 4.98 Å². The SMILES string of the molecule is CCCCCCCCCCCCOc1ccc(Cc2ncc(-c3ccc(OCCCCCCCC)cc3)nc2F)cc1. The van der Waals surface area contributed by atoms with Crippen LogP contribution in [0.4, 0.5) is 4.39 Å². The molecule has 0 fully saturated rings. The second-order valence-electron chi connectivity index (χ2n) is 11.5. The Hall–Kier alpha value is -2.95. The Labute approximate surface area is 254 Å². The van der Waals surface area contributed by atoms with E-state index in [2.05, 4.69) is 23.8 Å². The molecule has 0 bridgehead atoms. The van der Waals surface area contributed by atoms with Crippen LogP contribution in [-0.2, 0) is 6.42 Å². The number of hydrogen-bond acceptors (Lipinski definition) is 4. The molecule has 42 heavy (non-hydrogen) atoms. The molecule has 0 spiro atoms. The molecule has 0 radical (unpaired) electrons. The van der Waals surface area contributed by atoms with Crippen LogP contribution < -0.4 is 9.47 Å². The van der Waals surface area contributed by atoms with Gasteiger partial charge in [-0.2, -0.15) is 4.39 Å². The lowest BCUT2D eigenvalue weighted by atomic mass is 10.1. The zero-order chi connectivity index (χ0) is 29.7. The van der Waals surface area contributed by atoms with Gasteiger partial charge in [-0.15, -0.1) is 0 Å². The highest BCUT2D eigenvalue weighted by atomic mass is 19.1. The third-order valence-electron chi connectivity index (χ3n) is 7.78. The van der Waals surface area contributed by atoms with E-state index in [0.29, 0.717) is 17.8 Å². The average molecular weight is 577 g/mol. The van der Waals surface area contributed by atoms with Gasteiger partial charge in [0.05, 0.1) is 30.8 Å². The molecule has 0 aliphatic heterocycles. The highest BCUT2D eigenvalue weighted by Gasteiger charge is 2.10. The van der Waals surface area contributed by atoms with E-state index in [1.807, 2.05) is 48.5 Å². The summed E-state index contributed by atoms with van der Waals surface area (Å²) in [5.74, 6) is 1.15. The summed E-state index contributed by atoms with van der Waals surface area (Å²) >= 11 is 0. The van der Waals surface area contributed by atoms with E-state index >= 15 is 0 Å². The van der Waals surface area contributed by atoms with Crippen LogP contribution in [-0.4, -0.2) is 23.2 Å². The minimum absolute atomic E-state index is 0.344. The van der Waals surface area contributed by atoms with E-state index < -0.39 is 5.95 Å². The molecule has 0 atom stereocenters. The van der Waals surface area contributed by atoms with Gasteiger partial charge in [0.25, 0.3) is 0 Å². The molecular weight excluding hydrogens is 523 g/mol. The predicted molar refractivity (Wildman–Crippen MR) is 173 cm³/mol. The fourth-order valence-electron chi connectivity index (χ4n) is 5.12. The Morgan fingerprint density at radius 1 is 0.571 bits per heavy atom. The van der Waals surface area contributed by atoms with Crippen LogP contribution >= 0.6 is 0 Å². The molecule has 230 valence electrons. The van der Waals surface area contributed by atoms with Gasteiger partial charge < -0.3 is 9.47 Å². The predicted octanol–water partition coefficient (Wildman–Crippen LogP) is 10.9. The summed E-state index contributed by atoms with van der Waals surface area (Å²) in [6.45, 7) is 5.96. The van der Waals surface area contributed by atoms with Crippen LogP contribution in [0.15, 0.2) is 54.7 Å². The molecular formula is C37H53FN2O2. The molecule has 0 aliphatic rings. The van der Waals surface area contributed by atoms with Gasteiger partial charge in [0.2, 0.25) is 5.95 Å². The van der Waals surface area contributed by atoms with Crippen LogP contribution in [0.1, 0.15) is 128 Å². The van der Waals surface area contributed by atoms with E-state index in [1.54, 1.807) is 6.20 Å². The quantitative estimate of drug-likeness (QED) is 0.105. The summed E-state index contributed by atoms with van der Waals surface area (Å²) < 4.78 is 26.6. The third-order valence-corrected chi connectivity index (χ3v) is 7.78. The molecule has 0 saturated carbocycles. The zero-order valence-electron chi connectivity index (χ0n) is 26.2. The van der Waals surface area contributed by atoms with Crippen LogP contribution in [0.5, 0.6) is 11.5 Å². The normalized spacial score (nSPS) is 11.1. The van der Waals surface area contributed by atoms with Crippen LogP contribution in [0.3, 0.4) is 0 Å². The first-order chi connectivity index (χ1) is 20.7. The number of unbranched alkanes of at least 4 members (excludes halogenated alkanes) is 14. The Kier molecular flexibility index (Phi) is 16.7. The number of benzene rings is 2. The highest BCUT2D eigenvalue weighted by molar-refractivity contribution is 5.59. The summed E-state index contributed by atoms with van der Waals surface area (Å²) in [5, 5.41) is 0. The molecule has 1 aromatic heterocycles. The molecule has 4 nitrogen and oxygen atoms in total. The third kappa shape index (κ3) is 13.4. The minimum Gasteiger partial charge on any atom is -0.494 e. The minimum atomic E-state index is -0.530. The van der Waals surface area contributed by atoms with Gasteiger partial charge in [-0.05, 0) is 54.8 Å². The lowest BCUT2D eigenvalue weighted by Crippen LogP contribution is -2.02. The molecule has 0 amide bonds. The molecule has 0 unspecified atom stereocenters. The standard InChI is InChI=1S/C37H53FN2O2/c1-3-5-7-9-11-12-13-14-16-18-27-41-33-23-19-31(20-24-33)29-35-37(38)40-36(30-39-35)32-21-25-34(26-22-32)42-28-17-15-10-8-6-4-2/h19-26,30H,3-18,27-29H2,1-2H3. The van der Waals surface area contributed by atoms with Crippen molar-refractivity contribution in [1.82, 2.24) is 9.97 Å². The topological polar surface area (TPSA) is 44.2 Å². The summed E-state index contributed by atoms with van der Waals surface area (Å²) in [6, 6.07) is 15.5. The van der Waals surface area contributed by atoms with Gasteiger partial charge >= 0.3 is 0 Å². The number of halogens is 1. The maximum Gasteiger partial charge on any atom is 0.235 e. The first-order valence-electron chi connectivity index (χ1n) is 16.7. The van der Waals surface area contributed by atoms with Crippen molar-refractivity contribution >= 4 is 0 Å². The lowest BCUT2D eigenvalue weighted by molar-refractivity contribution is 0.304. The van der Waals surface area contributed by atoms with Crippen molar-refractivity contribution in [3.05, 3.63) is 71.9 Å². The second kappa shape index (κ2) is 20.9. The van der Waals surface area contributed by atoms with Crippen LogP contribution in [0.25, 0.3) is 11.3 Å². The number of nitrogens with zero attached hydrogens (tertiary/aromatic N) is 2. The molecule has 3 rings (SSSR count). The van der Waals surface area contributed by atoms with E-state index in [4.69, 9.17) is 9.47 Å². The maximum atomic E-state index is 14.9. The monoisotopic (exact) mass is 576 g/mol. The van der Waals surface area contributed by atoms with Crippen molar-refractivity contribution < 1.29 is 13.9 Å². The average Bonchev–Trinajstić information content (AvgIpc) is 3.01. The Bertz CT molecular complexity index is 1100. The van der Waals surface area contributed by atoms with Crippen LogP contribution in [0, 0.1) is 5.95 Å². The fraction of sp³-hybridized carbons (Fsp3) is 0.568. The Morgan fingerprint density at radius 2 is 1.02 bits per heavy atom. The van der Waals surface area contributed by atoms with Crippen molar-refractivity contribution in [3.63, 3.8) is 0 Å². The van der Waals surface area contributed by atoms with Gasteiger partial charge in [-0.1, -0.05) is 116 Å². The Balaban J connectivity index is 1.34. The van der Waals surface area contributed by atoms with Crippen molar-refractivity contribution in [2.45, 2.75) is 123 Å². The van der Waals surface area contributed by atoms with Crippen molar-refractivity contribution in [2.75, 3.05) is 13.2 Å². The summed E-state index contributed by atoms with van der Waals surface area (Å²) in [7, 11) is 0. The number of rotatable bonds is 23. The van der Waals surface area contributed by atoms with Gasteiger partial charge in [0, 0.05) is 12.0 Å². The van der Waals surface area contributed by atoms with E-state index in [1.165, 1.54) is 89.9 Å². The fourth-order valence-corrected chi connectivity index (χ4v) is 5.12. The first kappa shape index (κ1) is 33.6. The molecule has 0 N–H and O–H groups in total. The molecule has 2 aromatic carbocycles. The van der Waals surface area contributed by atoms with Crippen molar-refractivity contribution in [3.8, 4) is 22.8 Å². The lowest BCUT2D eigenvalue weighted by Gasteiger charge is -2.09. The second-order valence-corrected chi connectivity index (χ2v) is 11.5. The molecule has 5 heteroatoms. The van der Waals surface area contributed by atoms with Crippen LogP contribution in [0.2, 0.25) is 0 Å². The number of hydrogen-bond donors (Lipinski definition) is 0. The highest BCUT2D eigenvalue weighted by Crippen LogP contribution is 2.23. The van der Waals surface area contributed by atoms with Gasteiger partial charge in [0.15, 0.2) is 0 Å². The summed E-state index contributed by atoms with van der Waals surface area (Å²) in [6.07, 6.45) is 22.6. The molecule has 0 aliphatic carbocycles. The summed E-state index contributed by atoms with van der Waals surface area (Å²) in [5.41, 5.74) is 2.67. The Morgan fingerprint density at radius 3 is 1.50 bits per heavy atom. The van der Waals surface area contributed by atoms with E-state index in [9.17, 15) is 4.39 Å². The summed E-state index contributed by atoms with van der Waals surface area (Å²) in [4.78, 5) is 8.59. The molecule has 0 saturated heterocycles. The maximum absolute atomic E-state index is 14.9. The first-order valence-corrected chi connectivity index (χ1v) is 16.7. The smallest absolute Gasteiger partial charge is 0.235 e. The van der Waals surface area contributed by atoms with Gasteiger partial charge in [0.1, 0.15) is 11.5 Å². The largest absolute Gasteiger partial charge is 0.494 e. The number of ether oxygens (including phenoxy) is 2. The van der Waals surface area contributed by atoms with Crippen molar-refractivity contribution in [2.24, 2.45) is 0 Å². The van der Waals surface area contributed by atoms with Crippen molar-refractivity contribution in [1.29, 1.82) is 0 Å².